The number of aryl methyl sites for hydroxylation is 4. The van der Waals surface area contributed by atoms with Crippen LogP contribution in [0.25, 0.3) is 41.8 Å². The van der Waals surface area contributed by atoms with Crippen LogP contribution in [-0.4, -0.2) is 255 Å². The first-order chi connectivity index (χ1) is 66.1. The number of sulfone groups is 1. The van der Waals surface area contributed by atoms with E-state index in [1.165, 1.54) is 64.6 Å². The molecule has 141 heavy (non-hydrogen) atoms. The van der Waals surface area contributed by atoms with E-state index in [1.807, 2.05) is 92.3 Å². The fourth-order valence-corrected chi connectivity index (χ4v) is 24.9. The van der Waals surface area contributed by atoms with Crippen LogP contribution < -0.4 is 42.5 Å². The fourth-order valence-electron chi connectivity index (χ4n) is 19.3. The van der Waals surface area contributed by atoms with Gasteiger partial charge in [0, 0.05) is 132 Å². The molecule has 33 nitrogen and oxygen atoms in total. The van der Waals surface area contributed by atoms with Crippen LogP contribution >= 0.6 is 45.3 Å². The summed E-state index contributed by atoms with van der Waals surface area (Å²) in [5.41, 5.74) is 5.13. The molecular weight excluding hydrogens is 1890 g/mol. The van der Waals surface area contributed by atoms with E-state index >= 15 is 0 Å². The lowest BCUT2D eigenvalue weighted by Crippen LogP contribution is -2.53. The van der Waals surface area contributed by atoms with Gasteiger partial charge >= 0.3 is 0 Å². The van der Waals surface area contributed by atoms with Crippen molar-refractivity contribution in [2.24, 2.45) is 5.92 Å². The second-order valence-electron chi connectivity index (χ2n) is 44.2. The zero-order valence-electron chi connectivity index (χ0n) is 85.8. The molecule has 0 unspecified atom stereocenters. The minimum Gasteiger partial charge on any atom is -0.390 e. The van der Waals surface area contributed by atoms with Crippen molar-refractivity contribution in [1.82, 2.24) is 80.7 Å². The number of nitrogens with one attached hydrogen (secondary N) is 8. The monoisotopic (exact) mass is 2030 g/mol. The van der Waals surface area contributed by atoms with E-state index in [-0.39, 0.29) is 132 Å². The number of amides is 8. The van der Waals surface area contributed by atoms with Crippen molar-refractivity contribution in [3.63, 3.8) is 0 Å². The minimum atomic E-state index is -3.02. The Morgan fingerprint density at radius 2 is 0.766 bits per heavy atom. The summed E-state index contributed by atoms with van der Waals surface area (Å²) in [5.74, 6) is 1.95. The molecule has 8 aromatic rings. The van der Waals surface area contributed by atoms with Gasteiger partial charge in [-0.05, 0) is 327 Å². The number of anilines is 4. The molecule has 764 valence electrons. The Labute approximate surface area is 845 Å². The van der Waals surface area contributed by atoms with Gasteiger partial charge in [-0.3, -0.25) is 38.4 Å². The van der Waals surface area contributed by atoms with Gasteiger partial charge in [0.2, 0.25) is 0 Å². The molecule has 14 heterocycles. The highest BCUT2D eigenvalue weighted by atomic mass is 32.2. The largest absolute Gasteiger partial charge is 0.390 e. The Balaban J connectivity index is 0.000000150. The molecule has 8 aromatic heterocycles. The van der Waals surface area contributed by atoms with Gasteiger partial charge in [-0.25, -0.2) is 48.3 Å². The Morgan fingerprint density at radius 1 is 0.440 bits per heavy atom. The van der Waals surface area contributed by atoms with Crippen LogP contribution in [0.3, 0.4) is 0 Å². The van der Waals surface area contributed by atoms with Gasteiger partial charge in [0.05, 0.1) is 59.9 Å². The fraction of sp³-hybridized carbons (Fsp3) is 0.612. The average Bonchev–Trinajstić information content (AvgIpc) is 1.61. The second-order valence-corrected chi connectivity index (χ2v) is 50.5. The van der Waals surface area contributed by atoms with Crippen LogP contribution in [0.2, 0.25) is 0 Å². The summed E-state index contributed by atoms with van der Waals surface area (Å²) in [6, 6.07) is 7.93. The Kier molecular flexibility index (Phi) is 32.3. The molecule has 11 N–H and O–H groups in total. The highest BCUT2D eigenvalue weighted by Gasteiger charge is 2.47. The van der Waals surface area contributed by atoms with Crippen molar-refractivity contribution in [3.8, 4) is 41.8 Å². The smallest absolute Gasteiger partial charge is 0.280 e. The molecule has 6 atom stereocenters. The highest BCUT2D eigenvalue weighted by molar-refractivity contribution is 7.91. The van der Waals surface area contributed by atoms with Gasteiger partial charge in [-0.15, -0.1) is 45.3 Å². The van der Waals surface area contributed by atoms with E-state index in [4.69, 9.17) is 0 Å². The number of carbonyl (C=O) groups excluding carboxylic acids is 8. The van der Waals surface area contributed by atoms with Crippen LogP contribution in [0.1, 0.15) is 350 Å². The molecule has 8 amide bonds. The maximum atomic E-state index is 13.9. The summed E-state index contributed by atoms with van der Waals surface area (Å²) >= 11 is 4.82. The van der Waals surface area contributed by atoms with Gasteiger partial charge in [-0.1, -0.05) is 0 Å². The summed E-state index contributed by atoms with van der Waals surface area (Å²) in [7, 11) is -3.02. The number of likely N-dealkylation sites (tertiary alicyclic amines) is 3. The number of aliphatic hydroxyl groups is 3. The molecule has 3 aliphatic carbocycles. The van der Waals surface area contributed by atoms with E-state index < -0.39 is 50.5 Å². The maximum Gasteiger partial charge on any atom is 0.280 e. The number of carbonyl (C=O) groups is 8. The number of aromatic nitrogens is 8. The normalized spacial score (nSPS) is 22.0. The highest BCUT2D eigenvalue weighted by Crippen LogP contribution is 2.46. The zero-order chi connectivity index (χ0) is 102. The third kappa shape index (κ3) is 26.0. The topological polar surface area (TPSA) is 444 Å². The molecule has 0 spiro atoms. The summed E-state index contributed by atoms with van der Waals surface area (Å²) in [6.45, 7) is 44.7. The molecule has 9 aliphatic rings. The van der Waals surface area contributed by atoms with Crippen molar-refractivity contribution in [1.29, 1.82) is 0 Å². The molecule has 6 saturated heterocycles. The Hall–Kier alpha value is -10.1. The first-order valence-corrected chi connectivity index (χ1v) is 55.0. The molecule has 0 radical (unpaired) electrons. The SMILES string of the molecule is Cc1cc(NC(C)(C)C)ncc1-c1sc(C(=O)NC2CC(C)(O)C2)nc1C(=O)N1CCC[C@@H]1C.Cc1cc(NC(C)(C)C)ncc1-c1sc(C(=O)N[C@@H](C)C(C)(C)O)nc1C(=O)N1CCC[C@@H]1C.Cc1cc(NC2(C)CCC2)ncc1-c1sc(C(=O)NC2CCS(=O)(=O)CC2)nc1C(=O)N1C2CCC1CC2.Cc1cc(N[C@@H](C)C2CC2)ncc1-c1sc(C(=O)N[C@H](C)C(C)(C)O)nc1C(=O)N1CCC[C@@H]1C. The van der Waals surface area contributed by atoms with Gasteiger partial charge in [0.25, 0.3) is 47.3 Å². The van der Waals surface area contributed by atoms with E-state index in [2.05, 4.69) is 138 Å². The minimum absolute atomic E-state index is 0.0747. The Bertz CT molecular complexity index is 6070. The first kappa shape index (κ1) is 107. The summed E-state index contributed by atoms with van der Waals surface area (Å²) < 4.78 is 23.6. The number of pyridine rings is 4. The van der Waals surface area contributed by atoms with E-state index in [0.29, 0.717) is 93.9 Å². The summed E-state index contributed by atoms with van der Waals surface area (Å²) in [4.78, 5) is 153. The van der Waals surface area contributed by atoms with Crippen molar-refractivity contribution < 1.29 is 62.1 Å². The van der Waals surface area contributed by atoms with E-state index in [1.54, 1.807) is 73.3 Å². The van der Waals surface area contributed by atoms with Crippen LogP contribution in [0.5, 0.6) is 0 Å². The molecule has 38 heteroatoms. The van der Waals surface area contributed by atoms with Crippen LogP contribution in [0, 0.1) is 33.6 Å². The maximum absolute atomic E-state index is 13.9. The average molecular weight is 2030 g/mol. The van der Waals surface area contributed by atoms with Gasteiger partial charge < -0.3 is 77.5 Å². The van der Waals surface area contributed by atoms with Crippen molar-refractivity contribution in [2.75, 3.05) is 52.4 Å². The lowest BCUT2D eigenvalue weighted by molar-refractivity contribution is -0.0367. The van der Waals surface area contributed by atoms with Gasteiger partial charge in [-0.2, -0.15) is 0 Å². The lowest BCUT2D eigenvalue weighted by atomic mass is 9.77. The zero-order valence-corrected chi connectivity index (χ0v) is 89.9. The first-order valence-electron chi connectivity index (χ1n) is 50.0. The number of nitrogens with zero attached hydrogens (tertiary/aromatic N) is 12. The molecule has 0 aromatic carbocycles. The number of hydrogen-bond donors (Lipinski definition) is 11. The predicted molar refractivity (Wildman–Crippen MR) is 557 cm³/mol. The predicted octanol–water partition coefficient (Wildman–Crippen LogP) is 16.4. The molecule has 17 rings (SSSR count). The summed E-state index contributed by atoms with van der Waals surface area (Å²) in [5, 5.41) is 56.6. The van der Waals surface area contributed by atoms with Crippen molar-refractivity contribution >= 4 is 126 Å². The lowest BCUT2D eigenvalue weighted by Gasteiger charge is -2.40. The van der Waals surface area contributed by atoms with Crippen LogP contribution in [0.4, 0.5) is 23.3 Å². The number of thiazole rings is 4. The third-order valence-electron chi connectivity index (χ3n) is 28.7. The summed E-state index contributed by atoms with van der Waals surface area (Å²) in [6.07, 6.45) is 24.7. The second kappa shape index (κ2) is 42.7. The molecular formula is C103H144N20O13S5. The number of rotatable bonds is 25. The third-order valence-corrected chi connectivity index (χ3v) is 34.7. The molecule has 6 aliphatic heterocycles. The van der Waals surface area contributed by atoms with E-state index in [0.717, 1.165) is 145 Å². The van der Waals surface area contributed by atoms with Gasteiger partial charge in [0.1, 0.15) is 55.9 Å². The van der Waals surface area contributed by atoms with E-state index in [9.17, 15) is 62.1 Å². The van der Waals surface area contributed by atoms with Crippen LogP contribution in [-0.2, 0) is 9.84 Å². The van der Waals surface area contributed by atoms with Crippen molar-refractivity contribution in [2.45, 2.75) is 368 Å². The molecule has 3 saturated carbocycles. The van der Waals surface area contributed by atoms with Gasteiger partial charge in [0.15, 0.2) is 20.0 Å². The Morgan fingerprint density at radius 3 is 1.08 bits per heavy atom. The number of fused-ring (bicyclic) bond motifs is 2. The number of hydrogen-bond acceptors (Lipinski definition) is 29. The molecule has 9 fully saturated rings. The van der Waals surface area contributed by atoms with Crippen molar-refractivity contribution in [3.05, 3.63) is 114 Å². The van der Waals surface area contributed by atoms with Crippen LogP contribution in [0.15, 0.2) is 49.1 Å². The quantitative estimate of drug-likeness (QED) is 0.0253. The standard InChI is InChI=1S/C27H35N5O4S2.C26H37N5O3S.C25H35N5O3S.C25H37N5O3S/c1-16-14-21(31-27(2)10-3-11-27)28-15-20(16)23-22(26(34)32-18-4-5-19(32)7-6-18)30-25(37-23)24(33)29-17-8-12-38(35,36)13-9-17;1-14-12-20(28-16(3)18-9-10-18)27-13-19(14)22-21(25(33)31-11-7-8-15(31)2)30-24(35-22)23(32)29-17(4)26(5,6)34;1-14-10-18(29-24(3,4)5)26-13-17(14)20-19(23(32)30-9-7-8-15(30)2)28-22(34-20)21(31)27-16-11-25(6,33)12-16;1-14-12-18(29-24(4,5)6)26-13-17(14)20-19(23(32)30-11-9-10-15(30)2)28-22(34-20)21(31)27-16(3)25(7,8)33/h14-15,17-19H,3-13H2,1-2H3,(H,28,31)(H,29,33);12-13,15-18,34H,7-11H2,1-6H3,(H,27,28)(H,29,32);10,13,15-16,33H,7-9,11-12H2,1-6H3,(H,26,29)(H,27,31);12-13,15-16,33H,9-11H2,1-8H3,(H,26,29)(H,27,31)/t;15-,16-,17+;15-,16?,25?;15-,16-/m.000/s1. The molecule has 2 bridgehead atoms.